The summed E-state index contributed by atoms with van der Waals surface area (Å²) in [6.45, 7) is 0. The minimum absolute atomic E-state index is 0.0356. The quantitative estimate of drug-likeness (QED) is 0.619. The molecule has 1 aliphatic rings. The second kappa shape index (κ2) is 9.11. The molecule has 31 heavy (non-hydrogen) atoms. The lowest BCUT2D eigenvalue weighted by atomic mass is 9.94. The Morgan fingerprint density at radius 3 is 1.71 bits per heavy atom. The molecule has 3 rings (SSSR count). The van der Waals surface area contributed by atoms with E-state index in [2.05, 4.69) is 0 Å². The SMILES string of the molecule is COc1cc(C2CC(=O)c3c(cc(OC)c(OC)c3OC)O2)c(OC)c(OC)c1OC. The molecule has 0 saturated heterocycles. The molecule has 0 amide bonds. The number of ketones is 1. The molecule has 0 spiro atoms. The van der Waals surface area contributed by atoms with Crippen molar-refractivity contribution in [3.63, 3.8) is 0 Å². The van der Waals surface area contributed by atoms with Crippen molar-refractivity contribution in [2.75, 3.05) is 49.8 Å². The second-order valence-electron chi connectivity index (χ2n) is 6.52. The zero-order valence-electron chi connectivity index (χ0n) is 18.6. The van der Waals surface area contributed by atoms with Gasteiger partial charge in [0.2, 0.25) is 17.2 Å². The number of fused-ring (bicyclic) bond motifs is 1. The molecule has 0 fully saturated rings. The summed E-state index contributed by atoms with van der Waals surface area (Å²) in [5.74, 6) is 2.61. The lowest BCUT2D eigenvalue weighted by Gasteiger charge is -2.29. The number of hydrogen-bond acceptors (Lipinski definition) is 9. The van der Waals surface area contributed by atoms with Gasteiger partial charge in [-0.25, -0.2) is 0 Å². The number of ether oxygens (including phenoxy) is 8. The highest BCUT2D eigenvalue weighted by atomic mass is 16.6. The van der Waals surface area contributed by atoms with Gasteiger partial charge in [-0.05, 0) is 6.07 Å². The number of benzene rings is 2. The molecule has 2 aromatic rings. The van der Waals surface area contributed by atoms with Crippen LogP contribution in [-0.2, 0) is 0 Å². The lowest BCUT2D eigenvalue weighted by Crippen LogP contribution is -2.22. The highest BCUT2D eigenvalue weighted by Crippen LogP contribution is 2.53. The summed E-state index contributed by atoms with van der Waals surface area (Å²) in [6, 6.07) is 3.31. The zero-order valence-corrected chi connectivity index (χ0v) is 18.6. The van der Waals surface area contributed by atoms with Crippen molar-refractivity contribution in [3.8, 4) is 46.0 Å². The Morgan fingerprint density at radius 2 is 1.19 bits per heavy atom. The summed E-state index contributed by atoms with van der Waals surface area (Å²) in [5, 5.41) is 0. The number of carbonyl (C=O) groups is 1. The molecular formula is C22H26O9. The Balaban J connectivity index is 2.18. The van der Waals surface area contributed by atoms with Crippen LogP contribution in [0.15, 0.2) is 12.1 Å². The van der Waals surface area contributed by atoms with Crippen LogP contribution in [0.2, 0.25) is 0 Å². The lowest BCUT2D eigenvalue weighted by molar-refractivity contribution is 0.0838. The van der Waals surface area contributed by atoms with Crippen molar-refractivity contribution in [2.45, 2.75) is 12.5 Å². The Morgan fingerprint density at radius 1 is 0.677 bits per heavy atom. The molecular weight excluding hydrogens is 408 g/mol. The van der Waals surface area contributed by atoms with Gasteiger partial charge in [-0.15, -0.1) is 0 Å². The van der Waals surface area contributed by atoms with E-state index in [4.69, 9.17) is 37.9 Å². The van der Waals surface area contributed by atoms with Crippen LogP contribution >= 0.6 is 0 Å². The molecule has 2 aromatic carbocycles. The minimum Gasteiger partial charge on any atom is -0.493 e. The zero-order chi connectivity index (χ0) is 22.7. The van der Waals surface area contributed by atoms with Crippen LogP contribution in [0.3, 0.4) is 0 Å². The van der Waals surface area contributed by atoms with Gasteiger partial charge in [-0.1, -0.05) is 0 Å². The standard InChI is InChI=1S/C22H26O9/c1-24-15-8-11(18(26-3)22(30-7)20(15)28-5)13-9-12(23)17-14(31-13)10-16(25-2)19(27-4)21(17)29-6/h8,10,13H,9H2,1-7H3. The fraction of sp³-hybridized carbons (Fsp3) is 0.409. The van der Waals surface area contributed by atoms with Gasteiger partial charge in [0.1, 0.15) is 17.4 Å². The van der Waals surface area contributed by atoms with Crippen LogP contribution in [0.4, 0.5) is 0 Å². The average molecular weight is 434 g/mol. The maximum atomic E-state index is 13.2. The molecule has 9 nitrogen and oxygen atoms in total. The van der Waals surface area contributed by atoms with Crippen LogP contribution < -0.4 is 37.9 Å². The molecule has 0 saturated carbocycles. The van der Waals surface area contributed by atoms with Crippen LogP contribution in [0.1, 0.15) is 28.4 Å². The van der Waals surface area contributed by atoms with E-state index < -0.39 is 6.10 Å². The van der Waals surface area contributed by atoms with Crippen LogP contribution in [-0.4, -0.2) is 55.6 Å². The number of carbonyl (C=O) groups excluding carboxylic acids is 1. The number of Topliss-reactive ketones (excluding diaryl/α,β-unsaturated/α-hetero) is 1. The van der Waals surface area contributed by atoms with Crippen LogP contribution in [0.25, 0.3) is 0 Å². The van der Waals surface area contributed by atoms with Crippen molar-refractivity contribution >= 4 is 5.78 Å². The molecule has 168 valence electrons. The van der Waals surface area contributed by atoms with Gasteiger partial charge in [-0.2, -0.15) is 0 Å². The molecule has 0 aromatic heterocycles. The third kappa shape index (κ3) is 3.60. The highest BCUT2D eigenvalue weighted by molar-refractivity contribution is 6.04. The summed E-state index contributed by atoms with van der Waals surface area (Å²) in [4.78, 5) is 13.2. The predicted octanol–water partition coefficient (Wildman–Crippen LogP) is 3.45. The van der Waals surface area contributed by atoms with E-state index in [1.54, 1.807) is 12.1 Å². The first-order valence-electron chi connectivity index (χ1n) is 9.39. The summed E-state index contributed by atoms with van der Waals surface area (Å²) in [5.41, 5.74) is 0.868. The van der Waals surface area contributed by atoms with Crippen molar-refractivity contribution in [2.24, 2.45) is 0 Å². The fourth-order valence-corrected chi connectivity index (χ4v) is 3.73. The third-order valence-electron chi connectivity index (χ3n) is 5.08. The number of hydrogen-bond donors (Lipinski definition) is 0. The second-order valence-corrected chi connectivity index (χ2v) is 6.52. The van der Waals surface area contributed by atoms with Crippen molar-refractivity contribution in [1.82, 2.24) is 0 Å². The molecule has 1 atom stereocenters. The maximum absolute atomic E-state index is 13.2. The van der Waals surface area contributed by atoms with Crippen molar-refractivity contribution in [3.05, 3.63) is 23.3 Å². The van der Waals surface area contributed by atoms with Gasteiger partial charge in [-0.3, -0.25) is 4.79 Å². The van der Waals surface area contributed by atoms with Gasteiger partial charge in [0.25, 0.3) is 0 Å². The third-order valence-corrected chi connectivity index (χ3v) is 5.08. The Labute approximate surface area is 180 Å². The van der Waals surface area contributed by atoms with E-state index >= 15 is 0 Å². The predicted molar refractivity (Wildman–Crippen MR) is 111 cm³/mol. The molecule has 0 radical (unpaired) electrons. The molecule has 1 aliphatic heterocycles. The molecule has 0 aliphatic carbocycles. The molecule has 0 N–H and O–H groups in total. The van der Waals surface area contributed by atoms with E-state index in [1.165, 1.54) is 49.8 Å². The average Bonchev–Trinajstić information content (AvgIpc) is 2.80. The first-order chi connectivity index (χ1) is 15.0. The van der Waals surface area contributed by atoms with Crippen molar-refractivity contribution in [1.29, 1.82) is 0 Å². The van der Waals surface area contributed by atoms with E-state index in [0.29, 0.717) is 51.4 Å². The largest absolute Gasteiger partial charge is 0.493 e. The Hall–Kier alpha value is -3.49. The van der Waals surface area contributed by atoms with Crippen molar-refractivity contribution < 1.29 is 42.7 Å². The molecule has 0 bridgehead atoms. The van der Waals surface area contributed by atoms with Gasteiger partial charge < -0.3 is 37.9 Å². The maximum Gasteiger partial charge on any atom is 0.207 e. The van der Waals surface area contributed by atoms with Gasteiger partial charge in [0, 0.05) is 11.6 Å². The van der Waals surface area contributed by atoms with Crippen LogP contribution in [0, 0.1) is 0 Å². The summed E-state index contributed by atoms with van der Waals surface area (Å²) >= 11 is 0. The molecule has 1 unspecified atom stereocenters. The molecule has 9 heteroatoms. The summed E-state index contributed by atoms with van der Waals surface area (Å²) in [7, 11) is 10.4. The van der Waals surface area contributed by atoms with E-state index in [9.17, 15) is 4.79 Å². The Bertz CT molecular complexity index is 984. The van der Waals surface area contributed by atoms with Gasteiger partial charge >= 0.3 is 0 Å². The van der Waals surface area contributed by atoms with Gasteiger partial charge in [0.15, 0.2) is 28.8 Å². The van der Waals surface area contributed by atoms with E-state index in [-0.39, 0.29) is 18.0 Å². The molecule has 1 heterocycles. The minimum atomic E-state index is -0.675. The van der Waals surface area contributed by atoms with Crippen LogP contribution in [0.5, 0.6) is 46.0 Å². The summed E-state index contributed by atoms with van der Waals surface area (Å²) in [6.07, 6.45) is -0.639. The van der Waals surface area contributed by atoms with Gasteiger partial charge in [0.05, 0.1) is 56.2 Å². The smallest absolute Gasteiger partial charge is 0.207 e. The number of methoxy groups -OCH3 is 7. The van der Waals surface area contributed by atoms with E-state index in [0.717, 1.165) is 0 Å². The fourth-order valence-electron chi connectivity index (χ4n) is 3.73. The topological polar surface area (TPSA) is 90.9 Å². The summed E-state index contributed by atoms with van der Waals surface area (Å²) < 4.78 is 44.4. The number of rotatable bonds is 8. The Kier molecular flexibility index (Phi) is 6.53. The first-order valence-corrected chi connectivity index (χ1v) is 9.39. The highest BCUT2D eigenvalue weighted by Gasteiger charge is 2.37. The monoisotopic (exact) mass is 434 g/mol. The normalized spacial score (nSPS) is 14.8. The first kappa shape index (κ1) is 22.2. The van der Waals surface area contributed by atoms with E-state index in [1.807, 2.05) is 0 Å².